The van der Waals surface area contributed by atoms with Gasteiger partial charge in [-0.15, -0.1) is 13.2 Å². The maximum atomic E-state index is 12.8. The van der Waals surface area contributed by atoms with Gasteiger partial charge in [-0.2, -0.15) is 0 Å². The Bertz CT molecular complexity index is 580. The Morgan fingerprint density at radius 1 is 1.36 bits per heavy atom. The van der Waals surface area contributed by atoms with Crippen molar-refractivity contribution in [3.63, 3.8) is 0 Å². The molecule has 0 radical (unpaired) electrons. The largest absolute Gasteiger partial charge is 0.446 e. The average molecular weight is 347 g/mol. The quantitative estimate of drug-likeness (QED) is 0.589. The first-order valence-corrected chi connectivity index (χ1v) is 8.80. The lowest BCUT2D eigenvalue weighted by Crippen LogP contribution is -2.36. The van der Waals surface area contributed by atoms with Crippen molar-refractivity contribution in [2.24, 2.45) is 5.92 Å². The van der Waals surface area contributed by atoms with E-state index in [2.05, 4.69) is 30.4 Å². The molecule has 0 aliphatic carbocycles. The molecule has 1 rings (SSSR count). The summed E-state index contributed by atoms with van der Waals surface area (Å²) in [6.45, 7) is 12.4. The Labute approximate surface area is 150 Å². The molecule has 0 saturated heterocycles. The van der Waals surface area contributed by atoms with Crippen molar-refractivity contribution in [2.75, 3.05) is 13.1 Å². The molecule has 138 valence electrons. The third-order valence-electron chi connectivity index (χ3n) is 3.93. The van der Waals surface area contributed by atoms with Crippen LogP contribution in [0.4, 0.5) is 0 Å². The van der Waals surface area contributed by atoms with E-state index in [0.29, 0.717) is 19.0 Å². The summed E-state index contributed by atoms with van der Waals surface area (Å²) in [5.74, 6) is 0.0760. The summed E-state index contributed by atoms with van der Waals surface area (Å²) in [7, 11) is 0. The molecular weight excluding hydrogens is 318 g/mol. The van der Waals surface area contributed by atoms with E-state index in [1.54, 1.807) is 17.1 Å². The van der Waals surface area contributed by atoms with Gasteiger partial charge in [-0.05, 0) is 12.8 Å². The highest BCUT2D eigenvalue weighted by Crippen LogP contribution is 2.18. The zero-order chi connectivity index (χ0) is 18.7. The number of unbranched alkanes of at least 4 members (excludes halogenated alkanes) is 1. The van der Waals surface area contributed by atoms with E-state index in [0.717, 1.165) is 25.7 Å². The standard InChI is InChI=1S/C19H29N3O3/c1-5-9-10-15(8-4)19(24)22(12-7-3)13-17-21-16(14-25-17)18(23)20-11-6-2/h6-7,14-15H,2-3,5,8-13H2,1,4H3,(H,20,23)/t15-/m0/s1. The van der Waals surface area contributed by atoms with Gasteiger partial charge in [0.2, 0.25) is 11.8 Å². The zero-order valence-electron chi connectivity index (χ0n) is 15.3. The minimum atomic E-state index is -0.328. The fourth-order valence-corrected chi connectivity index (χ4v) is 2.51. The molecule has 6 nitrogen and oxygen atoms in total. The smallest absolute Gasteiger partial charge is 0.273 e. The molecular formula is C19H29N3O3. The van der Waals surface area contributed by atoms with Crippen LogP contribution in [0.5, 0.6) is 0 Å². The summed E-state index contributed by atoms with van der Waals surface area (Å²) < 4.78 is 5.36. The summed E-state index contributed by atoms with van der Waals surface area (Å²) in [6.07, 6.45) is 8.34. The predicted molar refractivity (Wildman–Crippen MR) is 98.0 cm³/mol. The number of carbonyl (C=O) groups excluding carboxylic acids is 2. The van der Waals surface area contributed by atoms with Crippen molar-refractivity contribution in [1.82, 2.24) is 15.2 Å². The van der Waals surface area contributed by atoms with Crippen molar-refractivity contribution < 1.29 is 14.0 Å². The fraction of sp³-hybridized carbons (Fsp3) is 0.526. The normalized spacial score (nSPS) is 11.6. The van der Waals surface area contributed by atoms with E-state index in [9.17, 15) is 9.59 Å². The summed E-state index contributed by atoms with van der Waals surface area (Å²) in [5, 5.41) is 2.64. The molecule has 0 aromatic carbocycles. The van der Waals surface area contributed by atoms with Crippen LogP contribution in [0.1, 0.15) is 55.9 Å². The van der Waals surface area contributed by atoms with Gasteiger partial charge >= 0.3 is 0 Å². The fourth-order valence-electron chi connectivity index (χ4n) is 2.51. The van der Waals surface area contributed by atoms with Gasteiger partial charge in [0, 0.05) is 19.0 Å². The van der Waals surface area contributed by atoms with E-state index < -0.39 is 0 Å². The number of nitrogens with one attached hydrogen (secondary N) is 1. The number of hydrogen-bond donors (Lipinski definition) is 1. The molecule has 25 heavy (non-hydrogen) atoms. The third kappa shape index (κ3) is 6.57. The van der Waals surface area contributed by atoms with Crippen LogP contribution in [0.2, 0.25) is 0 Å². The predicted octanol–water partition coefficient (Wildman–Crippen LogP) is 3.32. The minimum Gasteiger partial charge on any atom is -0.446 e. The number of oxazole rings is 1. The first-order valence-electron chi connectivity index (χ1n) is 8.80. The van der Waals surface area contributed by atoms with Crippen molar-refractivity contribution in [3.05, 3.63) is 43.2 Å². The van der Waals surface area contributed by atoms with Crippen LogP contribution in [-0.2, 0) is 11.3 Å². The monoisotopic (exact) mass is 347 g/mol. The molecule has 0 bridgehead atoms. The Morgan fingerprint density at radius 2 is 2.12 bits per heavy atom. The summed E-state index contributed by atoms with van der Waals surface area (Å²) in [6, 6.07) is 0. The molecule has 0 aliphatic heterocycles. The minimum absolute atomic E-state index is 0.00905. The second-order valence-corrected chi connectivity index (χ2v) is 5.88. The number of amides is 2. The van der Waals surface area contributed by atoms with E-state index in [1.807, 2.05) is 6.92 Å². The van der Waals surface area contributed by atoms with Crippen LogP contribution in [-0.4, -0.2) is 34.8 Å². The topological polar surface area (TPSA) is 75.4 Å². The summed E-state index contributed by atoms with van der Waals surface area (Å²) >= 11 is 0. The van der Waals surface area contributed by atoms with E-state index in [-0.39, 0.29) is 30.0 Å². The first kappa shape index (κ1) is 20.7. The zero-order valence-corrected chi connectivity index (χ0v) is 15.3. The van der Waals surface area contributed by atoms with Gasteiger partial charge in [-0.3, -0.25) is 9.59 Å². The number of hydrogen-bond acceptors (Lipinski definition) is 4. The highest BCUT2D eigenvalue weighted by molar-refractivity contribution is 5.92. The van der Waals surface area contributed by atoms with Crippen LogP contribution in [0.25, 0.3) is 0 Å². The van der Waals surface area contributed by atoms with Crippen molar-refractivity contribution in [2.45, 2.75) is 46.1 Å². The Kier molecular flexibility index (Phi) is 9.29. The number of carbonyl (C=O) groups is 2. The highest BCUT2D eigenvalue weighted by Gasteiger charge is 2.23. The maximum Gasteiger partial charge on any atom is 0.273 e. The third-order valence-corrected chi connectivity index (χ3v) is 3.93. The van der Waals surface area contributed by atoms with Crippen molar-refractivity contribution in [3.8, 4) is 0 Å². The number of rotatable bonds is 12. The van der Waals surface area contributed by atoms with Gasteiger partial charge in [0.25, 0.3) is 5.91 Å². The molecule has 1 atom stereocenters. The Hall–Kier alpha value is -2.37. The molecule has 0 spiro atoms. The summed E-state index contributed by atoms with van der Waals surface area (Å²) in [4.78, 5) is 30.5. The average Bonchev–Trinajstić information content (AvgIpc) is 3.08. The van der Waals surface area contributed by atoms with Crippen LogP contribution in [0, 0.1) is 5.92 Å². The first-order chi connectivity index (χ1) is 12.1. The SMILES string of the molecule is C=CCNC(=O)c1coc(CN(CC=C)C(=O)[C@@H](CC)CCCC)n1. The van der Waals surface area contributed by atoms with Gasteiger partial charge < -0.3 is 14.6 Å². The lowest BCUT2D eigenvalue weighted by atomic mass is 9.97. The molecule has 1 N–H and O–H groups in total. The number of aromatic nitrogens is 1. The lowest BCUT2D eigenvalue weighted by molar-refractivity contribution is -0.136. The molecule has 6 heteroatoms. The summed E-state index contributed by atoms with van der Waals surface area (Å²) in [5.41, 5.74) is 0.195. The molecule has 1 heterocycles. The Morgan fingerprint density at radius 3 is 2.72 bits per heavy atom. The second-order valence-electron chi connectivity index (χ2n) is 5.88. The van der Waals surface area contributed by atoms with E-state index in [1.165, 1.54) is 6.26 Å². The molecule has 0 fully saturated rings. The van der Waals surface area contributed by atoms with Gasteiger partial charge in [0.1, 0.15) is 6.26 Å². The van der Waals surface area contributed by atoms with Crippen molar-refractivity contribution >= 4 is 11.8 Å². The van der Waals surface area contributed by atoms with E-state index >= 15 is 0 Å². The van der Waals surface area contributed by atoms with Gasteiger partial charge in [-0.1, -0.05) is 38.8 Å². The molecule has 1 aromatic heterocycles. The van der Waals surface area contributed by atoms with Gasteiger partial charge in [-0.25, -0.2) is 4.98 Å². The molecule has 0 aliphatic rings. The molecule has 0 saturated carbocycles. The van der Waals surface area contributed by atoms with Crippen LogP contribution in [0.15, 0.2) is 36.0 Å². The highest BCUT2D eigenvalue weighted by atomic mass is 16.3. The molecule has 0 unspecified atom stereocenters. The van der Waals surface area contributed by atoms with Gasteiger partial charge in [0.15, 0.2) is 5.69 Å². The second kappa shape index (κ2) is 11.2. The van der Waals surface area contributed by atoms with Crippen LogP contribution >= 0.6 is 0 Å². The maximum absolute atomic E-state index is 12.8. The lowest BCUT2D eigenvalue weighted by Gasteiger charge is -2.24. The number of nitrogens with zero attached hydrogens (tertiary/aromatic N) is 2. The van der Waals surface area contributed by atoms with Gasteiger partial charge in [0.05, 0.1) is 6.54 Å². The Balaban J connectivity index is 2.78. The van der Waals surface area contributed by atoms with Crippen molar-refractivity contribution in [1.29, 1.82) is 0 Å². The van der Waals surface area contributed by atoms with Crippen LogP contribution in [0.3, 0.4) is 0 Å². The molecule has 2 amide bonds. The van der Waals surface area contributed by atoms with Crippen LogP contribution < -0.4 is 5.32 Å². The molecule has 1 aromatic rings. The van der Waals surface area contributed by atoms with E-state index in [4.69, 9.17) is 4.42 Å².